The lowest BCUT2D eigenvalue weighted by Crippen LogP contribution is -2.02. The summed E-state index contributed by atoms with van der Waals surface area (Å²) in [6.07, 6.45) is 3.56. The molecule has 0 fully saturated rings. The van der Waals surface area contributed by atoms with Crippen LogP contribution in [0.3, 0.4) is 0 Å². The van der Waals surface area contributed by atoms with Crippen molar-refractivity contribution in [2.24, 2.45) is 0 Å². The second-order valence-electron chi connectivity index (χ2n) is 3.07. The lowest BCUT2D eigenvalue weighted by molar-refractivity contribution is 0.331. The van der Waals surface area contributed by atoms with Crippen molar-refractivity contribution in [1.29, 1.82) is 0 Å². The van der Waals surface area contributed by atoms with Gasteiger partial charge < -0.3 is 10.1 Å². The van der Waals surface area contributed by atoms with E-state index in [1.54, 1.807) is 6.20 Å². The van der Waals surface area contributed by atoms with Crippen LogP contribution < -0.4 is 10.1 Å². The maximum Gasteiger partial charge on any atom is 0.270 e. The van der Waals surface area contributed by atoms with Gasteiger partial charge in [0.2, 0.25) is 5.82 Å². The second-order valence-corrected chi connectivity index (χ2v) is 3.59. The van der Waals surface area contributed by atoms with Crippen molar-refractivity contribution >= 4 is 17.5 Å². The molecule has 1 N–H and O–H groups in total. The van der Waals surface area contributed by atoms with E-state index in [1.165, 1.54) is 0 Å². The number of ether oxygens (including phenoxy) is 1. The fourth-order valence-electron chi connectivity index (χ4n) is 1.21. The molecular formula is C10H12N4OS. The summed E-state index contributed by atoms with van der Waals surface area (Å²) in [4.78, 5) is 4.04. The smallest absolute Gasteiger partial charge is 0.270 e. The summed E-state index contributed by atoms with van der Waals surface area (Å²) in [6, 6.07) is 3.90. The lowest BCUT2D eigenvalue weighted by Gasteiger charge is -2.04. The van der Waals surface area contributed by atoms with E-state index in [4.69, 9.17) is 4.74 Å². The minimum atomic E-state index is 0.566. The minimum absolute atomic E-state index is 0.566. The molecule has 0 aromatic carbocycles. The maximum atomic E-state index is 5.32. The Balaban J connectivity index is 1.97. The number of nitrogens with zero attached hydrogens (tertiary/aromatic N) is 3. The lowest BCUT2D eigenvalue weighted by atomic mass is 10.3. The SMILES string of the molecule is CCOc1nsnc1NCc1cccnc1. The van der Waals surface area contributed by atoms with Crippen LogP contribution in [0.15, 0.2) is 24.5 Å². The van der Waals surface area contributed by atoms with Gasteiger partial charge in [-0.2, -0.15) is 4.37 Å². The van der Waals surface area contributed by atoms with Crippen LogP contribution in [0.4, 0.5) is 5.82 Å². The third-order valence-electron chi connectivity index (χ3n) is 1.92. The molecule has 0 amide bonds. The van der Waals surface area contributed by atoms with Crippen molar-refractivity contribution in [3.8, 4) is 5.88 Å². The zero-order chi connectivity index (χ0) is 11.2. The van der Waals surface area contributed by atoms with Gasteiger partial charge in [0.1, 0.15) is 0 Å². The molecule has 5 nitrogen and oxygen atoms in total. The van der Waals surface area contributed by atoms with Gasteiger partial charge in [-0.05, 0) is 18.6 Å². The highest BCUT2D eigenvalue weighted by Gasteiger charge is 2.07. The van der Waals surface area contributed by atoms with E-state index in [9.17, 15) is 0 Å². The molecule has 0 atom stereocenters. The molecule has 0 aliphatic rings. The summed E-state index contributed by atoms with van der Waals surface area (Å²) in [5.41, 5.74) is 1.10. The van der Waals surface area contributed by atoms with Crippen molar-refractivity contribution in [3.63, 3.8) is 0 Å². The number of hydrogen-bond acceptors (Lipinski definition) is 6. The zero-order valence-corrected chi connectivity index (χ0v) is 9.70. The fourth-order valence-corrected chi connectivity index (χ4v) is 1.69. The van der Waals surface area contributed by atoms with Crippen LogP contribution in [0.5, 0.6) is 5.88 Å². The zero-order valence-electron chi connectivity index (χ0n) is 8.88. The Morgan fingerprint density at radius 2 is 2.38 bits per heavy atom. The monoisotopic (exact) mass is 236 g/mol. The third kappa shape index (κ3) is 2.66. The first-order chi connectivity index (χ1) is 7.90. The molecule has 16 heavy (non-hydrogen) atoms. The first kappa shape index (κ1) is 10.8. The normalized spacial score (nSPS) is 10.1. The minimum Gasteiger partial charge on any atom is -0.475 e. The van der Waals surface area contributed by atoms with E-state index < -0.39 is 0 Å². The number of rotatable bonds is 5. The molecule has 0 spiro atoms. The van der Waals surface area contributed by atoms with Gasteiger partial charge in [0.25, 0.3) is 5.88 Å². The molecule has 2 heterocycles. The van der Waals surface area contributed by atoms with Gasteiger partial charge in [0.05, 0.1) is 18.3 Å². The summed E-state index contributed by atoms with van der Waals surface area (Å²) in [5, 5.41) is 3.17. The number of anilines is 1. The van der Waals surface area contributed by atoms with E-state index in [0.29, 0.717) is 24.8 Å². The molecular weight excluding hydrogens is 224 g/mol. The van der Waals surface area contributed by atoms with Crippen molar-refractivity contribution < 1.29 is 4.74 Å². The summed E-state index contributed by atoms with van der Waals surface area (Å²) < 4.78 is 13.5. The van der Waals surface area contributed by atoms with Gasteiger partial charge in [-0.25, -0.2) is 0 Å². The Bertz CT molecular complexity index is 431. The average Bonchev–Trinajstić information content (AvgIpc) is 2.76. The van der Waals surface area contributed by atoms with Crippen LogP contribution >= 0.6 is 11.7 Å². The summed E-state index contributed by atoms with van der Waals surface area (Å²) in [6.45, 7) is 3.18. The summed E-state index contributed by atoms with van der Waals surface area (Å²) >= 11 is 1.14. The first-order valence-electron chi connectivity index (χ1n) is 4.98. The first-order valence-corrected chi connectivity index (χ1v) is 5.71. The molecule has 84 valence electrons. The van der Waals surface area contributed by atoms with E-state index in [0.717, 1.165) is 17.3 Å². The van der Waals surface area contributed by atoms with Crippen molar-refractivity contribution in [3.05, 3.63) is 30.1 Å². The fraction of sp³-hybridized carbons (Fsp3) is 0.300. The largest absolute Gasteiger partial charge is 0.475 e. The maximum absolute atomic E-state index is 5.32. The van der Waals surface area contributed by atoms with Crippen LogP contribution in [0, 0.1) is 0 Å². The molecule has 2 aromatic rings. The van der Waals surface area contributed by atoms with Crippen LogP contribution in [0.1, 0.15) is 12.5 Å². The second kappa shape index (κ2) is 5.41. The average molecular weight is 236 g/mol. The standard InChI is InChI=1S/C10H12N4OS/c1-2-15-10-9(13-16-14-10)12-7-8-4-3-5-11-6-8/h3-6H,2,7H2,1H3,(H,12,13). The molecule has 0 aliphatic heterocycles. The molecule has 0 bridgehead atoms. The Morgan fingerprint density at radius 3 is 3.12 bits per heavy atom. The Labute approximate surface area is 97.8 Å². The van der Waals surface area contributed by atoms with Crippen molar-refractivity contribution in [2.45, 2.75) is 13.5 Å². The van der Waals surface area contributed by atoms with Crippen molar-refractivity contribution in [1.82, 2.24) is 13.7 Å². The van der Waals surface area contributed by atoms with Gasteiger partial charge in [0.15, 0.2) is 0 Å². The van der Waals surface area contributed by atoms with Gasteiger partial charge in [-0.3, -0.25) is 4.98 Å². The van der Waals surface area contributed by atoms with Gasteiger partial charge >= 0.3 is 0 Å². The van der Waals surface area contributed by atoms with Crippen LogP contribution in [-0.2, 0) is 6.54 Å². The summed E-state index contributed by atoms with van der Waals surface area (Å²) in [7, 11) is 0. The predicted molar refractivity (Wildman–Crippen MR) is 62.6 cm³/mol. The highest BCUT2D eigenvalue weighted by molar-refractivity contribution is 6.99. The van der Waals surface area contributed by atoms with Crippen molar-refractivity contribution in [2.75, 3.05) is 11.9 Å². The highest BCUT2D eigenvalue weighted by Crippen LogP contribution is 2.21. The Kier molecular flexibility index (Phi) is 3.66. The topological polar surface area (TPSA) is 59.9 Å². The quantitative estimate of drug-likeness (QED) is 0.859. The van der Waals surface area contributed by atoms with Crippen LogP contribution in [0.2, 0.25) is 0 Å². The van der Waals surface area contributed by atoms with E-state index in [2.05, 4.69) is 19.0 Å². The van der Waals surface area contributed by atoms with Crippen LogP contribution in [0.25, 0.3) is 0 Å². The van der Waals surface area contributed by atoms with E-state index >= 15 is 0 Å². The molecule has 0 aliphatic carbocycles. The number of aromatic nitrogens is 3. The number of pyridine rings is 1. The Morgan fingerprint density at radius 1 is 1.44 bits per heavy atom. The molecule has 0 saturated carbocycles. The van der Waals surface area contributed by atoms with Gasteiger partial charge in [-0.1, -0.05) is 6.07 Å². The number of hydrogen-bond donors (Lipinski definition) is 1. The molecule has 0 saturated heterocycles. The van der Waals surface area contributed by atoms with Gasteiger partial charge in [-0.15, -0.1) is 4.37 Å². The van der Waals surface area contributed by atoms with Crippen LogP contribution in [-0.4, -0.2) is 20.3 Å². The van der Waals surface area contributed by atoms with Gasteiger partial charge in [0, 0.05) is 18.9 Å². The third-order valence-corrected chi connectivity index (χ3v) is 2.43. The van der Waals surface area contributed by atoms with E-state index in [1.807, 2.05) is 25.3 Å². The molecule has 2 aromatic heterocycles. The molecule has 6 heteroatoms. The Hall–Kier alpha value is -1.69. The molecule has 0 unspecified atom stereocenters. The molecule has 2 rings (SSSR count). The number of nitrogens with one attached hydrogen (secondary N) is 1. The van der Waals surface area contributed by atoms with E-state index in [-0.39, 0.29) is 0 Å². The summed E-state index contributed by atoms with van der Waals surface area (Å²) in [5.74, 6) is 1.26. The predicted octanol–water partition coefficient (Wildman–Crippen LogP) is 1.94. The molecule has 0 radical (unpaired) electrons. The highest BCUT2D eigenvalue weighted by atomic mass is 32.1.